The number of nitrogens with one attached hydrogen (secondary N) is 1. The zero-order chi connectivity index (χ0) is 11.9. The van der Waals surface area contributed by atoms with Crippen LogP contribution in [0, 0.1) is 5.41 Å². The van der Waals surface area contributed by atoms with Crippen molar-refractivity contribution in [3.05, 3.63) is 28.2 Å². The molecule has 0 heterocycles. The van der Waals surface area contributed by atoms with E-state index in [0.29, 0.717) is 17.3 Å². The van der Waals surface area contributed by atoms with Crippen molar-refractivity contribution >= 4 is 27.5 Å². The van der Waals surface area contributed by atoms with E-state index in [-0.39, 0.29) is 11.3 Å². The Labute approximate surface area is 104 Å². The summed E-state index contributed by atoms with van der Waals surface area (Å²) < 4.78 is 0.816. The van der Waals surface area contributed by atoms with Gasteiger partial charge in [0.1, 0.15) is 0 Å². The van der Waals surface area contributed by atoms with E-state index in [0.717, 1.165) is 10.9 Å². The molecule has 1 aromatic rings. The number of carbonyl (C=O) groups excluding carboxylic acids is 1. The zero-order valence-electron chi connectivity index (χ0n) is 9.38. The summed E-state index contributed by atoms with van der Waals surface area (Å²) in [4.78, 5) is 11.9. The number of anilines is 1. The van der Waals surface area contributed by atoms with E-state index in [9.17, 15) is 4.79 Å². The number of halogens is 1. The van der Waals surface area contributed by atoms with Crippen LogP contribution in [0.3, 0.4) is 0 Å². The summed E-state index contributed by atoms with van der Waals surface area (Å²) in [6.45, 7) is 4.29. The Balaban J connectivity index is 2.07. The Bertz CT molecular complexity index is 443. The van der Waals surface area contributed by atoms with Crippen LogP contribution in [0.5, 0.6) is 0 Å². The van der Waals surface area contributed by atoms with Crippen LogP contribution >= 0.6 is 15.9 Å². The molecule has 1 saturated carbocycles. The topological polar surface area (TPSA) is 55.1 Å². The van der Waals surface area contributed by atoms with Crippen LogP contribution < -0.4 is 11.1 Å². The molecule has 1 aliphatic carbocycles. The van der Waals surface area contributed by atoms with Gasteiger partial charge in [-0.15, -0.1) is 0 Å². The molecule has 1 aliphatic rings. The molecule has 1 amide bonds. The molecule has 0 aromatic heterocycles. The maximum absolute atomic E-state index is 11.9. The Morgan fingerprint density at radius 3 is 2.69 bits per heavy atom. The lowest BCUT2D eigenvalue weighted by Crippen LogP contribution is -2.28. The van der Waals surface area contributed by atoms with Gasteiger partial charge in [0, 0.05) is 21.8 Å². The zero-order valence-corrected chi connectivity index (χ0v) is 11.0. The van der Waals surface area contributed by atoms with Gasteiger partial charge in [0.15, 0.2) is 0 Å². The van der Waals surface area contributed by atoms with E-state index in [1.165, 1.54) is 0 Å². The minimum absolute atomic E-state index is 0.0465. The summed E-state index contributed by atoms with van der Waals surface area (Å²) in [5.74, 6) is -0.0465. The molecule has 4 heteroatoms. The van der Waals surface area contributed by atoms with Crippen LogP contribution in [0.2, 0.25) is 0 Å². The Hall–Kier alpha value is -1.03. The van der Waals surface area contributed by atoms with Gasteiger partial charge < -0.3 is 11.1 Å². The van der Waals surface area contributed by atoms with E-state index in [1.807, 2.05) is 0 Å². The van der Waals surface area contributed by atoms with Gasteiger partial charge in [-0.05, 0) is 46.0 Å². The van der Waals surface area contributed by atoms with Crippen molar-refractivity contribution in [1.82, 2.24) is 5.32 Å². The summed E-state index contributed by atoms with van der Waals surface area (Å²) in [7, 11) is 0. The van der Waals surface area contributed by atoms with Crippen molar-refractivity contribution in [3.63, 3.8) is 0 Å². The Morgan fingerprint density at radius 2 is 2.19 bits per heavy atom. The molecule has 0 aliphatic heterocycles. The second kappa shape index (κ2) is 3.77. The first-order valence-electron chi connectivity index (χ1n) is 5.26. The van der Waals surface area contributed by atoms with Gasteiger partial charge in [-0.3, -0.25) is 4.79 Å². The SMILES string of the molecule is CC1(C)CC1NC(=O)c1ccc(Br)c(N)c1. The van der Waals surface area contributed by atoms with Crippen LogP contribution in [-0.2, 0) is 0 Å². The Morgan fingerprint density at radius 1 is 1.56 bits per heavy atom. The largest absolute Gasteiger partial charge is 0.398 e. The second-order valence-corrected chi connectivity index (χ2v) is 5.81. The number of hydrogen-bond donors (Lipinski definition) is 2. The quantitative estimate of drug-likeness (QED) is 0.820. The first-order valence-corrected chi connectivity index (χ1v) is 6.05. The van der Waals surface area contributed by atoms with Crippen molar-refractivity contribution in [2.24, 2.45) is 5.41 Å². The third-order valence-corrected chi connectivity index (χ3v) is 3.80. The summed E-state index contributed by atoms with van der Waals surface area (Å²) in [6.07, 6.45) is 1.05. The highest BCUT2D eigenvalue weighted by molar-refractivity contribution is 9.10. The van der Waals surface area contributed by atoms with Gasteiger partial charge in [-0.1, -0.05) is 13.8 Å². The predicted octanol–water partition coefficient (Wildman–Crippen LogP) is 2.56. The summed E-state index contributed by atoms with van der Waals surface area (Å²) >= 11 is 3.30. The van der Waals surface area contributed by atoms with E-state index in [2.05, 4.69) is 35.1 Å². The highest BCUT2D eigenvalue weighted by Gasteiger charge is 2.46. The van der Waals surface area contributed by atoms with Gasteiger partial charge in [0.25, 0.3) is 5.91 Å². The standard InChI is InChI=1S/C12H15BrN2O/c1-12(2)6-10(12)15-11(16)7-3-4-8(13)9(14)5-7/h3-5,10H,6,14H2,1-2H3,(H,15,16). The van der Waals surface area contributed by atoms with Crippen molar-refractivity contribution in [2.75, 3.05) is 5.73 Å². The molecule has 0 bridgehead atoms. The van der Waals surface area contributed by atoms with E-state index in [4.69, 9.17) is 5.73 Å². The molecule has 1 unspecified atom stereocenters. The van der Waals surface area contributed by atoms with Gasteiger partial charge in [-0.25, -0.2) is 0 Å². The van der Waals surface area contributed by atoms with Crippen LogP contribution in [0.25, 0.3) is 0 Å². The van der Waals surface area contributed by atoms with E-state index in [1.54, 1.807) is 18.2 Å². The fourth-order valence-corrected chi connectivity index (χ4v) is 1.89. The number of carbonyl (C=O) groups is 1. The number of amides is 1. The van der Waals surface area contributed by atoms with Crippen LogP contribution in [-0.4, -0.2) is 11.9 Å². The molecule has 0 radical (unpaired) electrons. The monoisotopic (exact) mass is 282 g/mol. The number of nitrogen functional groups attached to an aromatic ring is 1. The highest BCUT2D eigenvalue weighted by Crippen LogP contribution is 2.44. The fourth-order valence-electron chi connectivity index (χ4n) is 1.64. The minimum Gasteiger partial charge on any atom is -0.398 e. The first kappa shape index (κ1) is 11.5. The van der Waals surface area contributed by atoms with Gasteiger partial charge in [0.05, 0.1) is 0 Å². The molecule has 16 heavy (non-hydrogen) atoms. The molecule has 0 saturated heterocycles. The fraction of sp³-hybridized carbons (Fsp3) is 0.417. The van der Waals surface area contributed by atoms with E-state index >= 15 is 0 Å². The third-order valence-electron chi connectivity index (χ3n) is 3.08. The third kappa shape index (κ3) is 2.21. The van der Waals surface area contributed by atoms with Crippen LogP contribution in [0.1, 0.15) is 30.6 Å². The van der Waals surface area contributed by atoms with Crippen LogP contribution in [0.4, 0.5) is 5.69 Å². The van der Waals surface area contributed by atoms with Crippen molar-refractivity contribution in [3.8, 4) is 0 Å². The normalized spacial score (nSPS) is 21.6. The molecule has 2 rings (SSSR count). The lowest BCUT2D eigenvalue weighted by atomic mass is 10.1. The average Bonchev–Trinajstić information content (AvgIpc) is 2.78. The molecule has 1 fully saturated rings. The highest BCUT2D eigenvalue weighted by atomic mass is 79.9. The molecule has 1 aromatic carbocycles. The Kier molecular flexibility index (Phi) is 2.70. The van der Waals surface area contributed by atoms with Gasteiger partial charge in [0.2, 0.25) is 0 Å². The van der Waals surface area contributed by atoms with Crippen molar-refractivity contribution in [1.29, 1.82) is 0 Å². The second-order valence-electron chi connectivity index (χ2n) is 4.96. The number of benzene rings is 1. The average molecular weight is 283 g/mol. The minimum atomic E-state index is -0.0465. The van der Waals surface area contributed by atoms with E-state index < -0.39 is 0 Å². The smallest absolute Gasteiger partial charge is 0.251 e. The molecule has 86 valence electrons. The summed E-state index contributed by atoms with van der Waals surface area (Å²) in [5, 5.41) is 3.00. The lowest BCUT2D eigenvalue weighted by molar-refractivity contribution is 0.0946. The summed E-state index contributed by atoms with van der Waals surface area (Å²) in [6, 6.07) is 5.55. The molecule has 0 spiro atoms. The number of rotatable bonds is 2. The number of hydrogen-bond acceptors (Lipinski definition) is 2. The summed E-state index contributed by atoms with van der Waals surface area (Å²) in [5.41, 5.74) is 7.18. The molecular formula is C12H15BrN2O. The predicted molar refractivity (Wildman–Crippen MR) is 68.2 cm³/mol. The first-order chi connectivity index (χ1) is 7.40. The van der Waals surface area contributed by atoms with Gasteiger partial charge >= 0.3 is 0 Å². The van der Waals surface area contributed by atoms with Crippen LogP contribution in [0.15, 0.2) is 22.7 Å². The number of nitrogens with two attached hydrogens (primary N) is 1. The molecule has 3 nitrogen and oxygen atoms in total. The lowest BCUT2D eigenvalue weighted by Gasteiger charge is -2.07. The van der Waals surface area contributed by atoms with Gasteiger partial charge in [-0.2, -0.15) is 0 Å². The van der Waals surface area contributed by atoms with Crippen molar-refractivity contribution in [2.45, 2.75) is 26.3 Å². The molecular weight excluding hydrogens is 268 g/mol. The molecule has 1 atom stereocenters. The maximum atomic E-state index is 11.9. The molecule has 3 N–H and O–H groups in total. The van der Waals surface area contributed by atoms with Crippen molar-refractivity contribution < 1.29 is 4.79 Å². The maximum Gasteiger partial charge on any atom is 0.251 e.